The molecule has 1 aliphatic rings. The summed E-state index contributed by atoms with van der Waals surface area (Å²) < 4.78 is 11.8. The Morgan fingerprint density at radius 2 is 2.10 bits per heavy atom. The van der Waals surface area contributed by atoms with Crippen LogP contribution in [0.3, 0.4) is 0 Å². The Bertz CT molecular complexity index is 616. The maximum absolute atomic E-state index is 9.85. The molecule has 2 aromatic rings. The van der Waals surface area contributed by atoms with Crippen LogP contribution in [0.25, 0.3) is 10.9 Å². The number of hydrogen-bond donors (Lipinski definition) is 4. The van der Waals surface area contributed by atoms with E-state index in [1.165, 1.54) is 0 Å². The van der Waals surface area contributed by atoms with Crippen LogP contribution in [-0.2, 0) is 4.74 Å². The van der Waals surface area contributed by atoms with Crippen molar-refractivity contribution in [3.8, 4) is 5.75 Å². The summed E-state index contributed by atoms with van der Waals surface area (Å²) in [5.74, 6) is 0.510. The molecule has 1 saturated heterocycles. The van der Waals surface area contributed by atoms with Gasteiger partial charge in [-0.15, -0.1) is 0 Å². The normalized spacial score (nSPS) is 30.0. The second-order valence-electron chi connectivity index (χ2n) is 4.67. The number of benzene rings is 1. The number of hydrogen-bond acceptors (Lipinski definition) is 5. The van der Waals surface area contributed by atoms with Gasteiger partial charge in [0.25, 0.3) is 0 Å². The Kier molecular flexibility index (Phi) is 3.70. The van der Waals surface area contributed by atoms with E-state index in [1.54, 1.807) is 6.20 Å². The van der Waals surface area contributed by atoms with Gasteiger partial charge in [0.05, 0.1) is 6.61 Å². The molecule has 0 amide bonds. The minimum Gasteiger partial charge on any atom is -0.460 e. The van der Waals surface area contributed by atoms with Crippen molar-refractivity contribution in [3.05, 3.63) is 28.9 Å². The number of ether oxygens (including phenoxy) is 2. The topological polar surface area (TPSA) is 94.9 Å². The number of aromatic amines is 1. The molecule has 1 fully saturated rings. The smallest absolute Gasteiger partial charge is 0.229 e. The molecular weight excluding hydrogens is 330 g/mol. The minimum absolute atomic E-state index is 0.377. The van der Waals surface area contributed by atoms with Crippen molar-refractivity contribution in [1.29, 1.82) is 0 Å². The largest absolute Gasteiger partial charge is 0.460 e. The molecule has 4 atom stereocenters. The summed E-state index contributed by atoms with van der Waals surface area (Å²) in [6.07, 6.45) is -2.57. The molecule has 0 bridgehead atoms. The van der Waals surface area contributed by atoms with E-state index in [4.69, 9.17) is 14.6 Å². The fourth-order valence-electron chi connectivity index (χ4n) is 2.25. The predicted molar refractivity (Wildman–Crippen MR) is 74.4 cm³/mol. The van der Waals surface area contributed by atoms with E-state index >= 15 is 0 Å². The fourth-order valence-corrected chi connectivity index (χ4v) is 2.61. The van der Waals surface area contributed by atoms with Crippen LogP contribution in [0.15, 0.2) is 28.9 Å². The summed E-state index contributed by atoms with van der Waals surface area (Å²) in [5.41, 5.74) is 0.884. The zero-order valence-corrected chi connectivity index (χ0v) is 11.9. The average Bonchev–Trinajstić information content (AvgIpc) is 2.95. The first-order valence-corrected chi connectivity index (χ1v) is 6.95. The molecule has 4 N–H and O–H groups in total. The Morgan fingerprint density at radius 1 is 1.30 bits per heavy atom. The quantitative estimate of drug-likeness (QED) is 0.659. The van der Waals surface area contributed by atoms with Gasteiger partial charge >= 0.3 is 0 Å². The first kappa shape index (κ1) is 13.8. The third-order valence-electron chi connectivity index (χ3n) is 3.35. The Hall–Kier alpha value is -1.12. The van der Waals surface area contributed by atoms with Crippen LogP contribution in [0.5, 0.6) is 5.75 Å². The summed E-state index contributed by atoms with van der Waals surface area (Å²) in [4.78, 5) is 3.05. The van der Waals surface area contributed by atoms with Crippen molar-refractivity contribution in [2.45, 2.75) is 24.6 Å². The highest BCUT2D eigenvalue weighted by atomic mass is 79.9. The summed E-state index contributed by atoms with van der Waals surface area (Å²) >= 11 is 3.38. The highest BCUT2D eigenvalue weighted by Gasteiger charge is 2.44. The number of H-pyrrole nitrogens is 1. The lowest BCUT2D eigenvalue weighted by Gasteiger charge is -2.16. The van der Waals surface area contributed by atoms with Crippen molar-refractivity contribution < 1.29 is 24.8 Å². The SMILES string of the molecule is OCC1OC(Oc2c[nH]c3ccc(Br)cc23)C(O)C1O. The van der Waals surface area contributed by atoms with Crippen LogP contribution in [0.4, 0.5) is 0 Å². The van der Waals surface area contributed by atoms with Crippen molar-refractivity contribution in [1.82, 2.24) is 4.98 Å². The average molecular weight is 344 g/mol. The van der Waals surface area contributed by atoms with Gasteiger partial charge in [-0.1, -0.05) is 15.9 Å². The predicted octanol–water partition coefficient (Wildman–Crippen LogP) is 0.748. The second kappa shape index (κ2) is 5.34. The minimum atomic E-state index is -1.20. The van der Waals surface area contributed by atoms with Crippen LogP contribution in [0.1, 0.15) is 0 Å². The lowest BCUT2D eigenvalue weighted by molar-refractivity contribution is -0.115. The number of nitrogens with one attached hydrogen (secondary N) is 1. The third-order valence-corrected chi connectivity index (χ3v) is 3.84. The van der Waals surface area contributed by atoms with Gasteiger partial charge in [-0.2, -0.15) is 0 Å². The van der Waals surface area contributed by atoms with Crippen LogP contribution >= 0.6 is 15.9 Å². The van der Waals surface area contributed by atoms with E-state index in [9.17, 15) is 10.2 Å². The molecule has 1 aliphatic heterocycles. The standard InChI is InChI=1S/C13H14BrNO5/c14-6-1-2-8-7(3-6)9(4-15-8)19-13-12(18)11(17)10(5-16)20-13/h1-4,10-13,15-18H,5H2. The van der Waals surface area contributed by atoms with E-state index < -0.39 is 24.6 Å². The molecular formula is C13H14BrNO5. The van der Waals surface area contributed by atoms with Crippen molar-refractivity contribution in [3.63, 3.8) is 0 Å². The molecule has 1 aromatic carbocycles. The molecule has 0 spiro atoms. The first-order valence-electron chi connectivity index (χ1n) is 6.16. The Labute approximate surface area is 123 Å². The van der Waals surface area contributed by atoms with E-state index in [-0.39, 0.29) is 6.61 Å². The zero-order chi connectivity index (χ0) is 14.3. The molecule has 7 heteroatoms. The van der Waals surface area contributed by atoms with Gasteiger partial charge in [0.15, 0.2) is 0 Å². The molecule has 108 valence electrons. The lowest BCUT2D eigenvalue weighted by Crippen LogP contribution is -2.35. The van der Waals surface area contributed by atoms with E-state index in [1.807, 2.05) is 18.2 Å². The lowest BCUT2D eigenvalue weighted by atomic mass is 10.1. The maximum Gasteiger partial charge on any atom is 0.229 e. The van der Waals surface area contributed by atoms with Gasteiger partial charge in [-0.25, -0.2) is 0 Å². The molecule has 2 heterocycles. The summed E-state index contributed by atoms with van der Waals surface area (Å²) in [5, 5.41) is 29.4. The summed E-state index contributed by atoms with van der Waals surface area (Å²) in [7, 11) is 0. The van der Waals surface area contributed by atoms with Crippen LogP contribution in [0, 0.1) is 0 Å². The van der Waals surface area contributed by atoms with E-state index in [0.29, 0.717) is 5.75 Å². The van der Waals surface area contributed by atoms with Gasteiger partial charge in [-0.3, -0.25) is 0 Å². The monoisotopic (exact) mass is 343 g/mol. The highest BCUT2D eigenvalue weighted by Crippen LogP contribution is 2.31. The van der Waals surface area contributed by atoms with Gasteiger partial charge in [0, 0.05) is 21.6 Å². The fraction of sp³-hybridized carbons (Fsp3) is 0.385. The van der Waals surface area contributed by atoms with Gasteiger partial charge in [0.1, 0.15) is 24.1 Å². The van der Waals surface area contributed by atoms with Crippen molar-refractivity contribution in [2.75, 3.05) is 6.61 Å². The molecule has 0 aliphatic carbocycles. The third kappa shape index (κ3) is 2.32. The first-order chi connectivity index (χ1) is 9.60. The molecule has 0 saturated carbocycles. The molecule has 20 heavy (non-hydrogen) atoms. The number of aromatic nitrogens is 1. The number of aliphatic hydroxyl groups is 3. The van der Waals surface area contributed by atoms with Gasteiger partial charge < -0.3 is 29.8 Å². The number of rotatable bonds is 3. The van der Waals surface area contributed by atoms with Crippen LogP contribution in [-0.4, -0.2) is 51.5 Å². The number of halogens is 1. The Morgan fingerprint density at radius 3 is 2.80 bits per heavy atom. The molecule has 0 radical (unpaired) electrons. The molecule has 6 nitrogen and oxygen atoms in total. The Balaban J connectivity index is 1.85. The molecule has 4 unspecified atom stereocenters. The van der Waals surface area contributed by atoms with E-state index in [0.717, 1.165) is 15.4 Å². The molecule has 1 aromatic heterocycles. The summed E-state index contributed by atoms with van der Waals surface area (Å²) in [6.45, 7) is -0.377. The van der Waals surface area contributed by atoms with Gasteiger partial charge in [-0.05, 0) is 18.2 Å². The molecule has 3 rings (SSSR count). The highest BCUT2D eigenvalue weighted by molar-refractivity contribution is 9.10. The number of aliphatic hydroxyl groups excluding tert-OH is 3. The maximum atomic E-state index is 9.85. The summed E-state index contributed by atoms with van der Waals surface area (Å²) in [6, 6.07) is 5.67. The van der Waals surface area contributed by atoms with Crippen LogP contribution < -0.4 is 4.74 Å². The van der Waals surface area contributed by atoms with E-state index in [2.05, 4.69) is 20.9 Å². The number of fused-ring (bicyclic) bond motifs is 1. The van der Waals surface area contributed by atoms with Crippen LogP contribution in [0.2, 0.25) is 0 Å². The zero-order valence-electron chi connectivity index (χ0n) is 10.4. The van der Waals surface area contributed by atoms with Crippen molar-refractivity contribution in [2.24, 2.45) is 0 Å². The van der Waals surface area contributed by atoms with Crippen molar-refractivity contribution >= 4 is 26.8 Å². The van der Waals surface area contributed by atoms with Gasteiger partial charge in [0.2, 0.25) is 6.29 Å². The second-order valence-corrected chi connectivity index (χ2v) is 5.58.